The van der Waals surface area contributed by atoms with E-state index in [1.807, 2.05) is 30.3 Å². The molecule has 6 nitrogen and oxygen atoms in total. The Balaban J connectivity index is 1.54. The van der Waals surface area contributed by atoms with Gasteiger partial charge in [0, 0.05) is 37.4 Å². The van der Waals surface area contributed by atoms with Gasteiger partial charge in [-0.3, -0.25) is 14.6 Å². The van der Waals surface area contributed by atoms with E-state index in [-0.39, 0.29) is 18.2 Å². The molecule has 0 bridgehead atoms. The van der Waals surface area contributed by atoms with Gasteiger partial charge in [0.2, 0.25) is 5.91 Å². The Morgan fingerprint density at radius 3 is 2.25 bits per heavy atom. The number of benzene rings is 1. The number of nitrogens with zero attached hydrogens (tertiary/aromatic N) is 3. The van der Waals surface area contributed by atoms with Crippen LogP contribution in [0, 0.1) is 0 Å². The zero-order chi connectivity index (χ0) is 16.9. The monoisotopic (exact) mass is 324 g/mol. The zero-order valence-electron chi connectivity index (χ0n) is 13.4. The SMILES string of the molecule is Nc1ccc(CC(=O)N2CCN(C(=O)c3ccccc3)CC2)nc1. The van der Waals surface area contributed by atoms with Gasteiger partial charge in [-0.25, -0.2) is 0 Å². The Morgan fingerprint density at radius 1 is 0.958 bits per heavy atom. The number of anilines is 1. The lowest BCUT2D eigenvalue weighted by atomic mass is 10.1. The van der Waals surface area contributed by atoms with Crippen LogP contribution in [-0.2, 0) is 11.2 Å². The lowest BCUT2D eigenvalue weighted by Gasteiger charge is -2.34. The Morgan fingerprint density at radius 2 is 1.62 bits per heavy atom. The summed E-state index contributed by atoms with van der Waals surface area (Å²) in [5.74, 6) is 0.0435. The van der Waals surface area contributed by atoms with E-state index in [4.69, 9.17) is 5.73 Å². The fourth-order valence-corrected chi connectivity index (χ4v) is 2.73. The van der Waals surface area contributed by atoms with Crippen molar-refractivity contribution in [3.05, 3.63) is 59.9 Å². The zero-order valence-corrected chi connectivity index (χ0v) is 13.4. The third-order valence-electron chi connectivity index (χ3n) is 4.12. The second kappa shape index (κ2) is 7.12. The first-order valence-corrected chi connectivity index (χ1v) is 7.96. The molecule has 1 saturated heterocycles. The summed E-state index contributed by atoms with van der Waals surface area (Å²) in [6, 6.07) is 12.7. The third kappa shape index (κ3) is 3.71. The molecule has 1 aromatic heterocycles. The third-order valence-corrected chi connectivity index (χ3v) is 4.12. The van der Waals surface area contributed by atoms with Crippen LogP contribution in [0.15, 0.2) is 48.7 Å². The maximum absolute atomic E-state index is 12.4. The number of hydrogen-bond acceptors (Lipinski definition) is 4. The van der Waals surface area contributed by atoms with Crippen LogP contribution in [0.2, 0.25) is 0 Å². The highest BCUT2D eigenvalue weighted by molar-refractivity contribution is 5.94. The van der Waals surface area contributed by atoms with E-state index in [0.29, 0.717) is 43.1 Å². The van der Waals surface area contributed by atoms with E-state index in [9.17, 15) is 9.59 Å². The summed E-state index contributed by atoms with van der Waals surface area (Å²) in [4.78, 5) is 32.5. The van der Waals surface area contributed by atoms with E-state index < -0.39 is 0 Å². The van der Waals surface area contributed by atoms with Gasteiger partial charge in [-0.15, -0.1) is 0 Å². The lowest BCUT2D eigenvalue weighted by Crippen LogP contribution is -2.51. The molecule has 2 N–H and O–H groups in total. The second-order valence-electron chi connectivity index (χ2n) is 5.80. The molecule has 0 radical (unpaired) electrons. The number of amides is 2. The average molecular weight is 324 g/mol. The van der Waals surface area contributed by atoms with Crippen LogP contribution in [0.4, 0.5) is 5.69 Å². The van der Waals surface area contributed by atoms with Crippen molar-refractivity contribution >= 4 is 17.5 Å². The van der Waals surface area contributed by atoms with Crippen molar-refractivity contribution in [3.8, 4) is 0 Å². The quantitative estimate of drug-likeness (QED) is 0.920. The van der Waals surface area contributed by atoms with E-state index in [2.05, 4.69) is 4.98 Å². The van der Waals surface area contributed by atoms with Crippen LogP contribution >= 0.6 is 0 Å². The van der Waals surface area contributed by atoms with E-state index >= 15 is 0 Å². The second-order valence-corrected chi connectivity index (χ2v) is 5.80. The van der Waals surface area contributed by atoms with Crippen molar-refractivity contribution in [1.82, 2.24) is 14.8 Å². The molecular weight excluding hydrogens is 304 g/mol. The summed E-state index contributed by atoms with van der Waals surface area (Å²) in [6.07, 6.45) is 1.81. The van der Waals surface area contributed by atoms with Gasteiger partial charge in [0.15, 0.2) is 0 Å². The fraction of sp³-hybridized carbons (Fsp3) is 0.278. The first-order chi connectivity index (χ1) is 11.6. The number of pyridine rings is 1. The van der Waals surface area contributed by atoms with Gasteiger partial charge < -0.3 is 15.5 Å². The smallest absolute Gasteiger partial charge is 0.253 e. The first-order valence-electron chi connectivity index (χ1n) is 7.96. The van der Waals surface area contributed by atoms with E-state index in [1.165, 1.54) is 0 Å². The molecule has 2 aromatic rings. The molecule has 1 aliphatic heterocycles. The summed E-state index contributed by atoms with van der Waals surface area (Å²) < 4.78 is 0. The van der Waals surface area contributed by atoms with Crippen molar-refractivity contribution in [2.75, 3.05) is 31.9 Å². The number of carbonyl (C=O) groups excluding carboxylic acids is 2. The minimum Gasteiger partial charge on any atom is -0.397 e. The van der Waals surface area contributed by atoms with Crippen molar-refractivity contribution in [2.24, 2.45) is 0 Å². The molecule has 3 rings (SSSR count). The number of nitrogen functional groups attached to an aromatic ring is 1. The Labute approximate surface area is 140 Å². The predicted octanol–water partition coefficient (Wildman–Crippen LogP) is 1.19. The molecule has 2 heterocycles. The molecule has 0 aliphatic carbocycles. The average Bonchev–Trinajstić information content (AvgIpc) is 2.64. The Hall–Kier alpha value is -2.89. The van der Waals surface area contributed by atoms with Crippen molar-refractivity contribution in [2.45, 2.75) is 6.42 Å². The molecule has 1 aliphatic rings. The standard InChI is InChI=1S/C18H20N4O2/c19-15-6-7-16(20-13-15)12-17(23)21-8-10-22(11-9-21)18(24)14-4-2-1-3-5-14/h1-7,13H,8-12,19H2. The topological polar surface area (TPSA) is 79.5 Å². The largest absolute Gasteiger partial charge is 0.397 e. The number of rotatable bonds is 3. The van der Waals surface area contributed by atoms with Gasteiger partial charge in [0.05, 0.1) is 18.3 Å². The summed E-state index contributed by atoms with van der Waals surface area (Å²) in [6.45, 7) is 2.20. The van der Waals surface area contributed by atoms with Crippen LogP contribution in [0.25, 0.3) is 0 Å². The number of nitrogens with two attached hydrogens (primary N) is 1. The molecule has 0 spiro atoms. The van der Waals surface area contributed by atoms with Gasteiger partial charge in [-0.1, -0.05) is 18.2 Å². The van der Waals surface area contributed by atoms with Gasteiger partial charge >= 0.3 is 0 Å². The molecule has 0 unspecified atom stereocenters. The van der Waals surface area contributed by atoms with E-state index in [1.54, 1.807) is 28.1 Å². The molecular formula is C18H20N4O2. The van der Waals surface area contributed by atoms with Crippen LogP contribution in [-0.4, -0.2) is 52.8 Å². The van der Waals surface area contributed by atoms with Crippen molar-refractivity contribution < 1.29 is 9.59 Å². The number of aromatic nitrogens is 1. The molecule has 1 aromatic carbocycles. The predicted molar refractivity (Wildman–Crippen MR) is 91.3 cm³/mol. The van der Waals surface area contributed by atoms with Crippen LogP contribution < -0.4 is 5.73 Å². The Bertz CT molecular complexity index is 708. The van der Waals surface area contributed by atoms with Gasteiger partial charge in [-0.05, 0) is 24.3 Å². The molecule has 6 heteroatoms. The summed E-state index contributed by atoms with van der Waals surface area (Å²) >= 11 is 0. The fourth-order valence-electron chi connectivity index (χ4n) is 2.73. The normalized spacial score (nSPS) is 14.5. The highest BCUT2D eigenvalue weighted by Crippen LogP contribution is 2.10. The lowest BCUT2D eigenvalue weighted by molar-refractivity contribution is -0.132. The number of piperazine rings is 1. The first kappa shape index (κ1) is 16.0. The Kier molecular flexibility index (Phi) is 4.74. The van der Waals surface area contributed by atoms with Gasteiger partial charge in [-0.2, -0.15) is 0 Å². The molecule has 24 heavy (non-hydrogen) atoms. The van der Waals surface area contributed by atoms with Crippen LogP contribution in [0.1, 0.15) is 16.1 Å². The highest BCUT2D eigenvalue weighted by Gasteiger charge is 2.24. The van der Waals surface area contributed by atoms with Gasteiger partial charge in [0.1, 0.15) is 0 Å². The van der Waals surface area contributed by atoms with Crippen molar-refractivity contribution in [3.63, 3.8) is 0 Å². The molecule has 0 saturated carbocycles. The molecule has 124 valence electrons. The minimum atomic E-state index is 0.0166. The molecule has 0 atom stereocenters. The van der Waals surface area contributed by atoms with E-state index in [0.717, 1.165) is 0 Å². The van der Waals surface area contributed by atoms with Gasteiger partial charge in [0.25, 0.3) is 5.91 Å². The van der Waals surface area contributed by atoms with Crippen LogP contribution in [0.5, 0.6) is 0 Å². The number of carbonyl (C=O) groups is 2. The highest BCUT2D eigenvalue weighted by atomic mass is 16.2. The van der Waals surface area contributed by atoms with Crippen molar-refractivity contribution in [1.29, 1.82) is 0 Å². The maximum atomic E-state index is 12.4. The molecule has 1 fully saturated rings. The summed E-state index contributed by atoms with van der Waals surface area (Å²) in [5, 5.41) is 0. The maximum Gasteiger partial charge on any atom is 0.253 e. The summed E-state index contributed by atoms with van der Waals surface area (Å²) in [7, 11) is 0. The summed E-state index contributed by atoms with van der Waals surface area (Å²) in [5.41, 5.74) is 7.57. The number of hydrogen-bond donors (Lipinski definition) is 1. The minimum absolute atomic E-state index is 0.0166. The molecule has 2 amide bonds. The van der Waals surface area contributed by atoms with Crippen LogP contribution in [0.3, 0.4) is 0 Å².